The molecule has 1 amide bonds. The second kappa shape index (κ2) is 10.5. The SMILES string of the molecule is COc1cc(C(=O)O[C@H](C(=O)Nc2cc(C)ccc2C)c2ccccc2)c([N+](=O)[O-])cc1OC. The highest BCUT2D eigenvalue weighted by atomic mass is 16.6. The standard InChI is InChI=1S/C25H24N2O7/c1-15-10-11-16(2)19(12-15)26-24(28)23(17-8-6-5-7-9-17)34-25(29)18-13-21(32-3)22(33-4)14-20(18)27(30)31/h5-14,23H,1-4H3,(H,26,28)/t23-/m0/s1. The van der Waals surface area contributed by atoms with E-state index >= 15 is 0 Å². The Morgan fingerprint density at radius 1 is 0.941 bits per heavy atom. The molecule has 9 nitrogen and oxygen atoms in total. The number of amides is 1. The molecule has 3 aromatic carbocycles. The van der Waals surface area contributed by atoms with Crippen LogP contribution in [0.3, 0.4) is 0 Å². The van der Waals surface area contributed by atoms with Crippen LogP contribution in [0, 0.1) is 24.0 Å². The number of carbonyl (C=O) groups is 2. The van der Waals surface area contributed by atoms with Gasteiger partial charge in [0, 0.05) is 17.3 Å². The Bertz CT molecular complexity index is 1230. The van der Waals surface area contributed by atoms with Gasteiger partial charge in [-0.15, -0.1) is 0 Å². The topological polar surface area (TPSA) is 117 Å². The minimum absolute atomic E-state index is 0.0815. The lowest BCUT2D eigenvalue weighted by molar-refractivity contribution is -0.385. The summed E-state index contributed by atoms with van der Waals surface area (Å²) in [7, 11) is 2.66. The summed E-state index contributed by atoms with van der Waals surface area (Å²) in [5, 5.41) is 14.4. The van der Waals surface area contributed by atoms with Gasteiger partial charge in [0.05, 0.1) is 25.2 Å². The van der Waals surface area contributed by atoms with Gasteiger partial charge in [0.2, 0.25) is 6.10 Å². The number of hydrogen-bond acceptors (Lipinski definition) is 7. The number of benzene rings is 3. The quantitative estimate of drug-likeness (QED) is 0.290. The number of nitrogens with zero attached hydrogens (tertiary/aromatic N) is 1. The van der Waals surface area contributed by atoms with Crippen LogP contribution in [0.25, 0.3) is 0 Å². The summed E-state index contributed by atoms with van der Waals surface area (Å²) in [6.45, 7) is 3.73. The van der Waals surface area contributed by atoms with E-state index in [1.807, 2.05) is 26.0 Å². The fraction of sp³-hybridized carbons (Fsp3) is 0.200. The predicted molar refractivity (Wildman–Crippen MR) is 125 cm³/mol. The van der Waals surface area contributed by atoms with E-state index in [1.54, 1.807) is 36.4 Å². The fourth-order valence-corrected chi connectivity index (χ4v) is 3.32. The van der Waals surface area contributed by atoms with E-state index in [0.29, 0.717) is 11.3 Å². The van der Waals surface area contributed by atoms with Crippen LogP contribution < -0.4 is 14.8 Å². The molecule has 0 radical (unpaired) electrons. The van der Waals surface area contributed by atoms with Crippen LogP contribution in [0.15, 0.2) is 60.7 Å². The van der Waals surface area contributed by atoms with Crippen molar-refractivity contribution in [3.05, 3.63) is 93.0 Å². The summed E-state index contributed by atoms with van der Waals surface area (Å²) in [5.41, 5.74) is 1.83. The minimum Gasteiger partial charge on any atom is -0.493 e. The molecule has 0 spiro atoms. The summed E-state index contributed by atoms with van der Waals surface area (Å²) in [6.07, 6.45) is -1.36. The van der Waals surface area contributed by atoms with Crippen LogP contribution in [0.5, 0.6) is 11.5 Å². The molecule has 0 saturated carbocycles. The highest BCUT2D eigenvalue weighted by Crippen LogP contribution is 2.35. The first-order valence-corrected chi connectivity index (χ1v) is 10.3. The molecule has 0 aliphatic carbocycles. The Balaban J connectivity index is 1.99. The molecule has 9 heteroatoms. The molecule has 0 saturated heterocycles. The van der Waals surface area contributed by atoms with Gasteiger partial charge in [-0.3, -0.25) is 14.9 Å². The Labute approximate surface area is 196 Å². The van der Waals surface area contributed by atoms with Crippen molar-refractivity contribution in [3.63, 3.8) is 0 Å². The number of methoxy groups -OCH3 is 2. The first-order chi connectivity index (χ1) is 16.2. The molecular weight excluding hydrogens is 440 g/mol. The number of nitro groups is 1. The predicted octanol–water partition coefficient (Wildman–Crippen LogP) is 4.77. The van der Waals surface area contributed by atoms with Crippen molar-refractivity contribution in [1.29, 1.82) is 0 Å². The molecule has 0 aromatic heterocycles. The molecule has 0 unspecified atom stereocenters. The highest BCUT2D eigenvalue weighted by Gasteiger charge is 2.31. The average molecular weight is 464 g/mol. The number of ether oxygens (including phenoxy) is 3. The van der Waals surface area contributed by atoms with Gasteiger partial charge in [-0.1, -0.05) is 42.5 Å². The van der Waals surface area contributed by atoms with Gasteiger partial charge in [0.1, 0.15) is 5.56 Å². The third-order valence-electron chi connectivity index (χ3n) is 5.13. The van der Waals surface area contributed by atoms with E-state index in [1.165, 1.54) is 14.2 Å². The van der Waals surface area contributed by atoms with Gasteiger partial charge >= 0.3 is 5.97 Å². The molecule has 1 N–H and O–H groups in total. The van der Waals surface area contributed by atoms with Gasteiger partial charge in [-0.05, 0) is 31.0 Å². The summed E-state index contributed by atoms with van der Waals surface area (Å²) in [4.78, 5) is 37.2. The lowest BCUT2D eigenvalue weighted by Crippen LogP contribution is -2.26. The van der Waals surface area contributed by atoms with Gasteiger partial charge in [-0.2, -0.15) is 0 Å². The number of nitro benzene ring substituents is 1. The van der Waals surface area contributed by atoms with Crippen molar-refractivity contribution in [3.8, 4) is 11.5 Å². The minimum atomic E-state index is -1.36. The van der Waals surface area contributed by atoms with Crippen molar-refractivity contribution >= 4 is 23.3 Å². The van der Waals surface area contributed by atoms with Gasteiger partial charge in [-0.25, -0.2) is 4.79 Å². The van der Waals surface area contributed by atoms with Crippen molar-refractivity contribution in [2.75, 3.05) is 19.5 Å². The number of hydrogen-bond donors (Lipinski definition) is 1. The van der Waals surface area contributed by atoms with Crippen LogP contribution in [0.2, 0.25) is 0 Å². The normalized spacial score (nSPS) is 11.3. The van der Waals surface area contributed by atoms with Gasteiger partial charge in [0.25, 0.3) is 11.6 Å². The third kappa shape index (κ3) is 5.32. The molecule has 176 valence electrons. The van der Waals surface area contributed by atoms with Crippen LogP contribution in [-0.4, -0.2) is 31.0 Å². The molecule has 0 heterocycles. The molecule has 0 aliphatic rings. The van der Waals surface area contributed by atoms with Crippen molar-refractivity contribution in [1.82, 2.24) is 0 Å². The van der Waals surface area contributed by atoms with Crippen molar-refractivity contribution in [2.45, 2.75) is 20.0 Å². The van der Waals surface area contributed by atoms with Gasteiger partial charge < -0.3 is 19.5 Å². The Morgan fingerprint density at radius 2 is 1.59 bits per heavy atom. The molecule has 34 heavy (non-hydrogen) atoms. The molecule has 0 bridgehead atoms. The van der Waals surface area contributed by atoms with E-state index in [-0.39, 0.29) is 17.1 Å². The third-order valence-corrected chi connectivity index (χ3v) is 5.13. The van der Waals surface area contributed by atoms with Crippen LogP contribution in [0.1, 0.15) is 33.2 Å². The number of aryl methyl sites for hydroxylation is 2. The lowest BCUT2D eigenvalue weighted by Gasteiger charge is -2.19. The zero-order chi connectivity index (χ0) is 24.8. The van der Waals surface area contributed by atoms with Crippen LogP contribution >= 0.6 is 0 Å². The van der Waals surface area contributed by atoms with E-state index in [0.717, 1.165) is 23.3 Å². The van der Waals surface area contributed by atoms with E-state index in [4.69, 9.17) is 14.2 Å². The van der Waals surface area contributed by atoms with Gasteiger partial charge in [0.15, 0.2) is 11.5 Å². The average Bonchev–Trinajstić information content (AvgIpc) is 2.84. The molecule has 0 aliphatic heterocycles. The zero-order valence-electron chi connectivity index (χ0n) is 19.2. The summed E-state index contributed by atoms with van der Waals surface area (Å²) >= 11 is 0. The summed E-state index contributed by atoms with van der Waals surface area (Å²) in [5.74, 6) is -1.47. The van der Waals surface area contributed by atoms with Crippen molar-refractivity contribution < 1.29 is 28.7 Å². The highest BCUT2D eigenvalue weighted by molar-refractivity contribution is 6.00. The second-order valence-corrected chi connectivity index (χ2v) is 7.49. The first-order valence-electron chi connectivity index (χ1n) is 10.3. The molecule has 1 atom stereocenters. The summed E-state index contributed by atoms with van der Waals surface area (Å²) < 4.78 is 15.8. The van der Waals surface area contributed by atoms with E-state index in [9.17, 15) is 19.7 Å². The Morgan fingerprint density at radius 3 is 2.21 bits per heavy atom. The second-order valence-electron chi connectivity index (χ2n) is 7.49. The van der Waals surface area contributed by atoms with E-state index < -0.39 is 28.6 Å². The van der Waals surface area contributed by atoms with E-state index in [2.05, 4.69) is 5.32 Å². The monoisotopic (exact) mass is 464 g/mol. The van der Waals surface area contributed by atoms with Crippen LogP contribution in [-0.2, 0) is 9.53 Å². The molecule has 3 rings (SSSR count). The number of rotatable bonds is 8. The smallest absolute Gasteiger partial charge is 0.346 e. The Hall–Kier alpha value is -4.40. The first kappa shape index (κ1) is 24.2. The zero-order valence-corrected chi connectivity index (χ0v) is 19.2. The maximum absolute atomic E-state index is 13.2. The number of anilines is 1. The largest absolute Gasteiger partial charge is 0.493 e. The Kier molecular flexibility index (Phi) is 7.47. The molecule has 0 fully saturated rings. The van der Waals surface area contributed by atoms with Crippen molar-refractivity contribution in [2.24, 2.45) is 0 Å². The molecular formula is C25H24N2O7. The fourth-order valence-electron chi connectivity index (χ4n) is 3.32. The maximum atomic E-state index is 13.2. The molecule has 3 aromatic rings. The lowest BCUT2D eigenvalue weighted by atomic mass is 10.1. The number of nitrogens with one attached hydrogen (secondary N) is 1. The number of esters is 1. The number of carbonyl (C=O) groups excluding carboxylic acids is 2. The summed E-state index contributed by atoms with van der Waals surface area (Å²) in [6, 6.07) is 16.2. The van der Waals surface area contributed by atoms with Crippen LogP contribution in [0.4, 0.5) is 11.4 Å². The maximum Gasteiger partial charge on any atom is 0.346 e.